The van der Waals surface area contributed by atoms with Crippen LogP contribution in [-0.4, -0.2) is 49.5 Å². The number of piperazine rings is 1. The Kier molecular flexibility index (Phi) is 4.01. The van der Waals surface area contributed by atoms with E-state index in [0.29, 0.717) is 30.1 Å². The summed E-state index contributed by atoms with van der Waals surface area (Å²) >= 11 is 0. The highest BCUT2D eigenvalue weighted by Crippen LogP contribution is 2.32. The summed E-state index contributed by atoms with van der Waals surface area (Å²) in [5, 5.41) is 2.74. The number of nitrogens with zero attached hydrogens (tertiary/aromatic N) is 2. The molecule has 2 amide bonds. The molecule has 6 nitrogen and oxygen atoms in total. The fourth-order valence-corrected chi connectivity index (χ4v) is 3.26. The van der Waals surface area contributed by atoms with Crippen molar-refractivity contribution in [3.8, 4) is 5.75 Å². The Morgan fingerprint density at radius 2 is 1.72 bits per heavy atom. The van der Waals surface area contributed by atoms with Gasteiger partial charge in [-0.2, -0.15) is 0 Å². The predicted octanol–water partition coefficient (Wildman–Crippen LogP) is 1.98. The van der Waals surface area contributed by atoms with Gasteiger partial charge in [0.05, 0.1) is 11.3 Å². The summed E-state index contributed by atoms with van der Waals surface area (Å²) in [5.74, 6) is 0.215. The molecule has 2 heterocycles. The van der Waals surface area contributed by atoms with Crippen molar-refractivity contribution in [1.29, 1.82) is 0 Å². The van der Waals surface area contributed by atoms with Crippen LogP contribution in [0.3, 0.4) is 0 Å². The van der Waals surface area contributed by atoms with Crippen LogP contribution in [0, 0.1) is 0 Å². The number of ether oxygens (including phenoxy) is 1. The highest BCUT2D eigenvalue weighted by atomic mass is 16.5. The fourth-order valence-electron chi connectivity index (χ4n) is 3.26. The number of benzene rings is 2. The van der Waals surface area contributed by atoms with Gasteiger partial charge in [0.25, 0.3) is 11.8 Å². The summed E-state index contributed by atoms with van der Waals surface area (Å²) in [6.45, 7) is 2.84. The topological polar surface area (TPSA) is 61.9 Å². The Balaban J connectivity index is 1.48. The van der Waals surface area contributed by atoms with Gasteiger partial charge in [-0.15, -0.1) is 0 Å². The molecule has 2 aromatic carbocycles. The zero-order valence-corrected chi connectivity index (χ0v) is 13.8. The lowest BCUT2D eigenvalue weighted by Gasteiger charge is -2.36. The molecule has 0 aromatic heterocycles. The van der Waals surface area contributed by atoms with Gasteiger partial charge in [0, 0.05) is 31.9 Å². The van der Waals surface area contributed by atoms with Gasteiger partial charge >= 0.3 is 0 Å². The molecule has 0 bridgehead atoms. The van der Waals surface area contributed by atoms with E-state index < -0.39 is 0 Å². The number of fused-ring (bicyclic) bond motifs is 1. The van der Waals surface area contributed by atoms with Crippen molar-refractivity contribution in [3.63, 3.8) is 0 Å². The lowest BCUT2D eigenvalue weighted by Crippen LogP contribution is -2.49. The second-order valence-electron chi connectivity index (χ2n) is 6.13. The number of para-hydroxylation sites is 2. The summed E-state index contributed by atoms with van der Waals surface area (Å²) in [5.41, 5.74) is 2.24. The average molecular weight is 337 g/mol. The lowest BCUT2D eigenvalue weighted by molar-refractivity contribution is -0.118. The van der Waals surface area contributed by atoms with E-state index >= 15 is 0 Å². The van der Waals surface area contributed by atoms with Crippen molar-refractivity contribution < 1.29 is 14.3 Å². The van der Waals surface area contributed by atoms with Gasteiger partial charge in [0.1, 0.15) is 0 Å². The molecule has 0 aliphatic carbocycles. The molecule has 25 heavy (non-hydrogen) atoms. The van der Waals surface area contributed by atoms with Crippen LogP contribution in [0.1, 0.15) is 10.4 Å². The average Bonchev–Trinajstić information content (AvgIpc) is 2.67. The summed E-state index contributed by atoms with van der Waals surface area (Å²) in [7, 11) is 0. The molecule has 6 heteroatoms. The zero-order chi connectivity index (χ0) is 17.2. The number of hydrogen-bond donors (Lipinski definition) is 1. The number of amides is 2. The third-order valence-corrected chi connectivity index (χ3v) is 4.56. The van der Waals surface area contributed by atoms with Crippen LogP contribution in [0.15, 0.2) is 48.5 Å². The van der Waals surface area contributed by atoms with E-state index in [1.807, 2.05) is 23.1 Å². The minimum Gasteiger partial charge on any atom is -0.481 e. The second-order valence-corrected chi connectivity index (χ2v) is 6.13. The third kappa shape index (κ3) is 3.03. The smallest absolute Gasteiger partial charge is 0.262 e. The number of rotatable bonds is 2. The molecule has 1 fully saturated rings. The molecule has 0 atom stereocenters. The molecular weight excluding hydrogens is 318 g/mol. The van der Waals surface area contributed by atoms with Crippen molar-refractivity contribution in [2.24, 2.45) is 0 Å². The summed E-state index contributed by atoms with van der Waals surface area (Å²) < 4.78 is 5.50. The Bertz CT molecular complexity index is 799. The maximum Gasteiger partial charge on any atom is 0.262 e. The summed E-state index contributed by atoms with van der Waals surface area (Å²) in [4.78, 5) is 28.5. The second kappa shape index (κ2) is 6.47. The Morgan fingerprint density at radius 3 is 2.48 bits per heavy atom. The zero-order valence-electron chi connectivity index (χ0n) is 13.8. The molecule has 0 saturated carbocycles. The van der Waals surface area contributed by atoms with Crippen molar-refractivity contribution in [2.75, 3.05) is 43.0 Å². The van der Waals surface area contributed by atoms with Crippen LogP contribution in [-0.2, 0) is 4.79 Å². The van der Waals surface area contributed by atoms with Gasteiger partial charge in [-0.1, -0.05) is 24.3 Å². The molecule has 0 unspecified atom stereocenters. The van der Waals surface area contributed by atoms with Gasteiger partial charge in [0.2, 0.25) is 0 Å². The molecular formula is C19H19N3O3. The van der Waals surface area contributed by atoms with Gasteiger partial charge in [0.15, 0.2) is 12.4 Å². The third-order valence-electron chi connectivity index (χ3n) is 4.56. The number of hydrogen-bond acceptors (Lipinski definition) is 4. The van der Waals surface area contributed by atoms with E-state index in [1.165, 1.54) is 5.69 Å². The van der Waals surface area contributed by atoms with Crippen LogP contribution < -0.4 is 15.0 Å². The molecule has 1 saturated heterocycles. The van der Waals surface area contributed by atoms with Crippen LogP contribution in [0.5, 0.6) is 5.75 Å². The number of nitrogens with one attached hydrogen (secondary N) is 1. The van der Waals surface area contributed by atoms with E-state index in [0.717, 1.165) is 13.1 Å². The van der Waals surface area contributed by atoms with Crippen molar-refractivity contribution in [3.05, 3.63) is 54.1 Å². The first kappa shape index (κ1) is 15.5. The highest BCUT2D eigenvalue weighted by Gasteiger charge is 2.27. The van der Waals surface area contributed by atoms with Crippen LogP contribution in [0.4, 0.5) is 11.4 Å². The first-order valence-corrected chi connectivity index (χ1v) is 8.37. The molecule has 1 N–H and O–H groups in total. The quantitative estimate of drug-likeness (QED) is 0.910. The van der Waals surface area contributed by atoms with Crippen LogP contribution in [0.2, 0.25) is 0 Å². The number of carbonyl (C=O) groups is 2. The van der Waals surface area contributed by atoms with Gasteiger partial charge in [-0.25, -0.2) is 0 Å². The minimum absolute atomic E-state index is 0.0549. The predicted molar refractivity (Wildman–Crippen MR) is 95.1 cm³/mol. The lowest BCUT2D eigenvalue weighted by atomic mass is 10.1. The molecule has 0 spiro atoms. The minimum atomic E-state index is -0.200. The molecule has 2 aliphatic rings. The number of carbonyl (C=O) groups excluding carboxylic acids is 2. The van der Waals surface area contributed by atoms with Crippen molar-refractivity contribution in [2.45, 2.75) is 0 Å². The highest BCUT2D eigenvalue weighted by molar-refractivity contribution is 6.03. The Hall–Kier alpha value is -3.02. The Labute approximate surface area is 146 Å². The standard InChI is InChI=1S/C19H19N3O3/c23-17-13-25-18-15(7-4-8-16(18)20-17)19(24)22-11-9-21(10-12-22)14-5-2-1-3-6-14/h1-8H,9-13H2,(H,20,23). The van der Waals surface area contributed by atoms with Crippen LogP contribution >= 0.6 is 0 Å². The van der Waals surface area contributed by atoms with E-state index in [9.17, 15) is 9.59 Å². The molecule has 128 valence electrons. The maximum atomic E-state index is 12.9. The Morgan fingerprint density at radius 1 is 0.960 bits per heavy atom. The van der Waals surface area contributed by atoms with E-state index in [2.05, 4.69) is 22.3 Å². The van der Waals surface area contributed by atoms with Gasteiger partial charge in [-0.05, 0) is 24.3 Å². The van der Waals surface area contributed by atoms with E-state index in [1.54, 1.807) is 18.2 Å². The van der Waals surface area contributed by atoms with Crippen molar-refractivity contribution in [1.82, 2.24) is 4.90 Å². The first-order chi connectivity index (χ1) is 12.2. The number of anilines is 2. The van der Waals surface area contributed by atoms with E-state index in [-0.39, 0.29) is 18.4 Å². The normalized spacial score (nSPS) is 16.7. The monoisotopic (exact) mass is 337 g/mol. The fraction of sp³-hybridized carbons (Fsp3) is 0.263. The van der Waals surface area contributed by atoms with Gasteiger partial charge in [-0.3, -0.25) is 9.59 Å². The molecule has 0 radical (unpaired) electrons. The largest absolute Gasteiger partial charge is 0.481 e. The van der Waals surface area contributed by atoms with Crippen molar-refractivity contribution >= 4 is 23.2 Å². The molecule has 2 aliphatic heterocycles. The van der Waals surface area contributed by atoms with Crippen LogP contribution in [0.25, 0.3) is 0 Å². The molecule has 4 rings (SSSR count). The first-order valence-electron chi connectivity index (χ1n) is 8.37. The van der Waals surface area contributed by atoms with E-state index in [4.69, 9.17) is 4.74 Å². The molecule has 2 aromatic rings. The SMILES string of the molecule is O=C1COc2c(cccc2C(=O)N2CCN(c3ccccc3)CC2)N1. The summed E-state index contributed by atoms with van der Waals surface area (Å²) in [6.07, 6.45) is 0. The maximum absolute atomic E-state index is 12.9. The van der Waals surface area contributed by atoms with Gasteiger partial charge < -0.3 is 19.9 Å². The summed E-state index contributed by atoms with van der Waals surface area (Å²) in [6, 6.07) is 15.5.